The summed E-state index contributed by atoms with van der Waals surface area (Å²) >= 11 is 2.25. The first kappa shape index (κ1) is 12.7. The van der Waals surface area contributed by atoms with Gasteiger partial charge in [0.1, 0.15) is 11.9 Å². The lowest BCUT2D eigenvalue weighted by Crippen LogP contribution is -2.24. The van der Waals surface area contributed by atoms with Crippen molar-refractivity contribution < 1.29 is 4.42 Å². The lowest BCUT2D eigenvalue weighted by Gasteiger charge is -2.14. The number of hydrogen-bond donors (Lipinski definition) is 1. The van der Waals surface area contributed by atoms with E-state index in [2.05, 4.69) is 44.8 Å². The molecule has 0 bridgehead atoms. The molecule has 2 aromatic rings. The highest BCUT2D eigenvalue weighted by Gasteiger charge is 2.21. The average Bonchev–Trinajstić information content (AvgIpc) is 2.99. The second kappa shape index (κ2) is 4.98. The average molecular weight is 368 g/mol. The molecule has 0 aliphatic carbocycles. The Balaban J connectivity index is 1.92. The molecule has 0 spiro atoms. The molecule has 98 valence electrons. The third-order valence-electron chi connectivity index (χ3n) is 3.36. The molecule has 0 amide bonds. The van der Waals surface area contributed by atoms with E-state index in [0.717, 1.165) is 34.3 Å². The Morgan fingerprint density at radius 1 is 1.63 bits per heavy atom. The first-order chi connectivity index (χ1) is 9.17. The van der Waals surface area contributed by atoms with Crippen LogP contribution in [-0.4, -0.2) is 36.1 Å². The van der Waals surface area contributed by atoms with Crippen LogP contribution >= 0.6 is 22.6 Å². The third kappa shape index (κ3) is 2.40. The SMILES string of the molecule is CN1CC[C@@H](Nc2ncc3oc(C#N)cc3c2I)C1. The third-order valence-corrected chi connectivity index (χ3v) is 4.45. The van der Waals surface area contributed by atoms with E-state index in [0.29, 0.717) is 17.4 Å². The Morgan fingerprint density at radius 2 is 2.47 bits per heavy atom. The van der Waals surface area contributed by atoms with E-state index in [1.54, 1.807) is 12.3 Å². The van der Waals surface area contributed by atoms with Gasteiger partial charge in [-0.3, -0.25) is 0 Å². The number of pyridine rings is 1. The van der Waals surface area contributed by atoms with Gasteiger partial charge in [-0.25, -0.2) is 4.98 Å². The lowest BCUT2D eigenvalue weighted by atomic mass is 10.2. The second-order valence-corrected chi connectivity index (χ2v) is 5.89. The molecular weight excluding hydrogens is 355 g/mol. The van der Waals surface area contributed by atoms with Crippen molar-refractivity contribution >= 4 is 39.4 Å². The minimum Gasteiger partial charge on any atom is -0.444 e. The van der Waals surface area contributed by atoms with Crippen molar-refractivity contribution in [2.75, 3.05) is 25.5 Å². The molecule has 1 saturated heterocycles. The standard InChI is InChI=1S/C13H13IN4O/c1-18-3-2-8(7-18)17-13-12(14)10-4-9(5-15)19-11(10)6-16-13/h4,6,8H,2-3,7H2,1H3,(H,16,17)/t8-/m1/s1. The topological polar surface area (TPSA) is 65.1 Å². The van der Waals surface area contributed by atoms with Crippen molar-refractivity contribution in [3.63, 3.8) is 0 Å². The highest BCUT2D eigenvalue weighted by Crippen LogP contribution is 2.29. The Hall–Kier alpha value is -1.33. The molecule has 6 heteroatoms. The number of hydrogen-bond acceptors (Lipinski definition) is 5. The number of rotatable bonds is 2. The van der Waals surface area contributed by atoms with Gasteiger partial charge in [0.25, 0.3) is 0 Å². The van der Waals surface area contributed by atoms with Crippen molar-refractivity contribution in [2.24, 2.45) is 0 Å². The van der Waals surface area contributed by atoms with Crippen LogP contribution in [0.3, 0.4) is 0 Å². The first-order valence-corrected chi connectivity index (χ1v) is 7.18. The lowest BCUT2D eigenvalue weighted by molar-refractivity contribution is 0.414. The number of nitrogens with zero attached hydrogens (tertiary/aromatic N) is 3. The van der Waals surface area contributed by atoms with Crippen molar-refractivity contribution in [2.45, 2.75) is 12.5 Å². The minimum atomic E-state index is 0.326. The van der Waals surface area contributed by atoms with Crippen molar-refractivity contribution in [3.05, 3.63) is 21.6 Å². The number of likely N-dealkylation sites (N-methyl/N-ethyl adjacent to an activating group) is 1. The van der Waals surface area contributed by atoms with Crippen molar-refractivity contribution in [1.29, 1.82) is 5.26 Å². The van der Waals surface area contributed by atoms with Crippen LogP contribution in [0.15, 0.2) is 16.7 Å². The van der Waals surface area contributed by atoms with Crippen LogP contribution in [0, 0.1) is 14.9 Å². The molecule has 5 nitrogen and oxygen atoms in total. The summed E-state index contributed by atoms with van der Waals surface area (Å²) in [5.41, 5.74) is 0.662. The number of nitriles is 1. The maximum absolute atomic E-state index is 8.87. The zero-order chi connectivity index (χ0) is 13.4. The molecule has 1 N–H and O–H groups in total. The van der Waals surface area contributed by atoms with Crippen LogP contribution in [-0.2, 0) is 0 Å². The summed E-state index contributed by atoms with van der Waals surface area (Å²) in [6.07, 6.45) is 2.81. The van der Waals surface area contributed by atoms with Gasteiger partial charge in [-0.05, 0) is 42.6 Å². The van der Waals surface area contributed by atoms with Gasteiger partial charge in [0.15, 0.2) is 5.58 Å². The van der Waals surface area contributed by atoms with Gasteiger partial charge < -0.3 is 14.6 Å². The Kier molecular flexibility index (Phi) is 3.33. The largest absolute Gasteiger partial charge is 0.444 e. The number of nitrogens with one attached hydrogen (secondary N) is 1. The van der Waals surface area contributed by atoms with E-state index in [1.165, 1.54) is 0 Å². The van der Waals surface area contributed by atoms with Gasteiger partial charge in [0.05, 0.1) is 9.77 Å². The normalized spacial score (nSPS) is 19.7. The van der Waals surface area contributed by atoms with Crippen molar-refractivity contribution in [3.8, 4) is 6.07 Å². The second-order valence-electron chi connectivity index (χ2n) is 4.81. The predicted octanol–water partition coefficient (Wildman–Crippen LogP) is 2.42. The zero-order valence-electron chi connectivity index (χ0n) is 10.5. The van der Waals surface area contributed by atoms with E-state index < -0.39 is 0 Å². The fourth-order valence-electron chi connectivity index (χ4n) is 2.38. The van der Waals surface area contributed by atoms with Crippen molar-refractivity contribution in [1.82, 2.24) is 9.88 Å². The highest BCUT2D eigenvalue weighted by molar-refractivity contribution is 14.1. The van der Waals surface area contributed by atoms with Gasteiger partial charge in [0.2, 0.25) is 5.76 Å². The summed E-state index contributed by atoms with van der Waals surface area (Å²) in [6, 6.07) is 4.22. The molecule has 3 rings (SSSR count). The molecule has 0 saturated carbocycles. The van der Waals surface area contributed by atoms with Gasteiger partial charge >= 0.3 is 0 Å². The molecule has 1 aliphatic heterocycles. The number of likely N-dealkylation sites (tertiary alicyclic amines) is 1. The molecule has 1 fully saturated rings. The quantitative estimate of drug-likeness (QED) is 0.825. The van der Waals surface area contributed by atoms with Gasteiger partial charge in [-0.2, -0.15) is 5.26 Å². The van der Waals surface area contributed by atoms with Crippen LogP contribution in [0.25, 0.3) is 11.0 Å². The van der Waals surface area contributed by atoms with Gasteiger partial charge in [-0.15, -0.1) is 0 Å². The molecule has 3 heterocycles. The van der Waals surface area contributed by atoms with Crippen LogP contribution in [0.2, 0.25) is 0 Å². The summed E-state index contributed by atoms with van der Waals surface area (Å²) in [7, 11) is 2.12. The number of anilines is 1. The fourth-order valence-corrected chi connectivity index (χ4v) is 3.10. The first-order valence-electron chi connectivity index (χ1n) is 6.10. The number of halogens is 1. The molecule has 2 aromatic heterocycles. The minimum absolute atomic E-state index is 0.326. The zero-order valence-corrected chi connectivity index (χ0v) is 12.6. The maximum atomic E-state index is 8.87. The number of fused-ring (bicyclic) bond motifs is 1. The van der Waals surface area contributed by atoms with E-state index in [4.69, 9.17) is 9.68 Å². The van der Waals surface area contributed by atoms with E-state index in [1.807, 2.05) is 6.07 Å². The van der Waals surface area contributed by atoms with Crippen LogP contribution < -0.4 is 5.32 Å². The Morgan fingerprint density at radius 3 is 3.16 bits per heavy atom. The monoisotopic (exact) mass is 368 g/mol. The Labute approximate surface area is 124 Å². The number of aromatic nitrogens is 1. The smallest absolute Gasteiger partial charge is 0.204 e. The summed E-state index contributed by atoms with van der Waals surface area (Å²) < 4.78 is 6.38. The molecular formula is C13H13IN4O. The molecule has 0 unspecified atom stereocenters. The van der Waals surface area contributed by atoms with Crippen LogP contribution in [0.5, 0.6) is 0 Å². The maximum Gasteiger partial charge on any atom is 0.204 e. The van der Waals surface area contributed by atoms with E-state index in [-0.39, 0.29) is 0 Å². The summed E-state index contributed by atoms with van der Waals surface area (Å²) in [4.78, 5) is 6.70. The molecule has 19 heavy (non-hydrogen) atoms. The highest BCUT2D eigenvalue weighted by atomic mass is 127. The van der Waals surface area contributed by atoms with Gasteiger partial charge in [-0.1, -0.05) is 0 Å². The van der Waals surface area contributed by atoms with Crippen LogP contribution in [0.4, 0.5) is 5.82 Å². The molecule has 1 atom stereocenters. The predicted molar refractivity (Wildman–Crippen MR) is 81.0 cm³/mol. The summed E-state index contributed by atoms with van der Waals surface area (Å²) in [6.45, 7) is 2.14. The summed E-state index contributed by atoms with van der Waals surface area (Å²) in [5, 5.41) is 13.3. The number of furan rings is 1. The Bertz CT molecular complexity index is 660. The molecule has 1 aliphatic rings. The fraction of sp³-hybridized carbons (Fsp3) is 0.385. The molecule has 0 radical (unpaired) electrons. The van der Waals surface area contributed by atoms with Gasteiger partial charge in [0, 0.05) is 24.0 Å². The summed E-state index contributed by atoms with van der Waals surface area (Å²) in [5.74, 6) is 1.20. The van der Waals surface area contributed by atoms with E-state index in [9.17, 15) is 0 Å². The van der Waals surface area contributed by atoms with Crippen LogP contribution in [0.1, 0.15) is 12.2 Å². The van der Waals surface area contributed by atoms with E-state index >= 15 is 0 Å². The molecule has 0 aromatic carbocycles.